The summed E-state index contributed by atoms with van der Waals surface area (Å²) in [5.74, 6) is 0. The van der Waals surface area contributed by atoms with Crippen molar-refractivity contribution in [3.05, 3.63) is 100 Å². The highest BCUT2D eigenvalue weighted by atomic mass is 32.2. The molecule has 0 aliphatic heterocycles. The van der Waals surface area contributed by atoms with Gasteiger partial charge in [0.15, 0.2) is 6.20 Å². The number of benzene rings is 2. The lowest BCUT2D eigenvalue weighted by Gasteiger charge is -2.19. The Morgan fingerprint density at radius 1 is 0.958 bits per heavy atom. The molecular weight excluding hydrogens is 314 g/mol. The minimum atomic E-state index is 0.204. The number of thioether (sulfide) groups is 1. The van der Waals surface area contributed by atoms with Crippen molar-refractivity contribution >= 4 is 11.8 Å². The minimum Gasteiger partial charge on any atom is -0.618 e. The van der Waals surface area contributed by atoms with Gasteiger partial charge in [0.05, 0.1) is 0 Å². The maximum absolute atomic E-state index is 12.1. The standard InChI is InChI=1S/C21H21NOS/c1-16-11-12-17(2)19(14-16)20(15-18-8-4-3-5-9-18)24-21-10-6-7-13-22(21)23/h3-14,20H,15H2,1-2H3. The summed E-state index contributed by atoms with van der Waals surface area (Å²) in [6.45, 7) is 4.26. The molecule has 0 bridgehead atoms. The van der Waals surface area contributed by atoms with E-state index in [-0.39, 0.29) is 5.25 Å². The average molecular weight is 335 g/mol. The lowest BCUT2D eigenvalue weighted by molar-refractivity contribution is -0.645. The van der Waals surface area contributed by atoms with Gasteiger partial charge < -0.3 is 5.21 Å². The lowest BCUT2D eigenvalue weighted by Crippen LogP contribution is -2.28. The monoisotopic (exact) mass is 335 g/mol. The van der Waals surface area contributed by atoms with Gasteiger partial charge in [-0.1, -0.05) is 54.1 Å². The highest BCUT2D eigenvalue weighted by Crippen LogP contribution is 2.38. The first kappa shape index (κ1) is 16.6. The largest absolute Gasteiger partial charge is 0.618 e. The summed E-state index contributed by atoms with van der Waals surface area (Å²) in [6.07, 6.45) is 2.45. The third-order valence-corrected chi connectivity index (χ3v) is 5.36. The second-order valence-corrected chi connectivity index (χ2v) is 7.24. The molecule has 0 spiro atoms. The molecule has 3 rings (SSSR count). The zero-order valence-electron chi connectivity index (χ0n) is 14.0. The number of nitrogens with zero attached hydrogens (tertiary/aromatic N) is 1. The molecule has 1 unspecified atom stereocenters. The summed E-state index contributed by atoms with van der Waals surface area (Å²) in [6, 6.07) is 22.6. The molecule has 1 aromatic heterocycles. The molecule has 0 radical (unpaired) electrons. The quantitative estimate of drug-likeness (QED) is 0.372. The molecule has 2 aromatic carbocycles. The van der Waals surface area contributed by atoms with Crippen molar-refractivity contribution in [3.8, 4) is 0 Å². The van der Waals surface area contributed by atoms with E-state index in [9.17, 15) is 5.21 Å². The SMILES string of the molecule is Cc1ccc(C)c(C(Cc2ccccc2)Sc2cccc[n+]2[O-])c1. The van der Waals surface area contributed by atoms with Crippen LogP contribution in [0.4, 0.5) is 0 Å². The Bertz CT molecular complexity index is 817. The summed E-state index contributed by atoms with van der Waals surface area (Å²) in [5.41, 5.74) is 5.09. The summed E-state index contributed by atoms with van der Waals surface area (Å²) in [5, 5.41) is 13.0. The molecule has 3 aromatic rings. The molecule has 0 amide bonds. The van der Waals surface area contributed by atoms with Crippen LogP contribution >= 0.6 is 11.8 Å². The first-order chi connectivity index (χ1) is 11.6. The van der Waals surface area contributed by atoms with E-state index in [1.807, 2.05) is 18.2 Å². The third kappa shape index (κ3) is 3.98. The first-order valence-electron chi connectivity index (χ1n) is 8.09. The second-order valence-electron chi connectivity index (χ2n) is 6.02. The van der Waals surface area contributed by atoms with Crippen molar-refractivity contribution in [2.75, 3.05) is 0 Å². The van der Waals surface area contributed by atoms with Crippen molar-refractivity contribution in [1.82, 2.24) is 0 Å². The van der Waals surface area contributed by atoms with E-state index in [0.717, 1.165) is 16.2 Å². The molecule has 0 saturated carbocycles. The minimum absolute atomic E-state index is 0.204. The molecule has 0 aliphatic rings. The van der Waals surface area contributed by atoms with Gasteiger partial charge in [0.1, 0.15) is 0 Å². The van der Waals surface area contributed by atoms with Crippen LogP contribution in [0.3, 0.4) is 0 Å². The predicted octanol–water partition coefficient (Wildman–Crippen LogP) is 5.01. The molecule has 3 heteroatoms. The Hall–Kier alpha value is -2.26. The molecule has 0 N–H and O–H groups in total. The van der Waals surface area contributed by atoms with Crippen LogP contribution in [0.2, 0.25) is 0 Å². The Labute approximate surface area is 147 Å². The summed E-state index contributed by atoms with van der Waals surface area (Å²) >= 11 is 1.64. The fourth-order valence-corrected chi connectivity index (χ4v) is 4.07. The van der Waals surface area contributed by atoms with Gasteiger partial charge in [0.25, 0.3) is 5.03 Å². The molecule has 24 heavy (non-hydrogen) atoms. The second kappa shape index (κ2) is 7.54. The fraction of sp³-hybridized carbons (Fsp3) is 0.190. The zero-order chi connectivity index (χ0) is 16.9. The van der Waals surface area contributed by atoms with Crippen LogP contribution in [0.15, 0.2) is 78.0 Å². The number of rotatable bonds is 5. The van der Waals surface area contributed by atoms with Gasteiger partial charge in [0, 0.05) is 17.4 Å². The highest BCUT2D eigenvalue weighted by Gasteiger charge is 2.20. The molecular formula is C21H21NOS. The molecule has 1 heterocycles. The van der Waals surface area contributed by atoms with Gasteiger partial charge in [0.2, 0.25) is 0 Å². The van der Waals surface area contributed by atoms with Gasteiger partial charge in [-0.25, -0.2) is 0 Å². The molecule has 0 fully saturated rings. The maximum atomic E-state index is 12.1. The summed E-state index contributed by atoms with van der Waals surface area (Å²) < 4.78 is 0.952. The summed E-state index contributed by atoms with van der Waals surface area (Å²) in [7, 11) is 0. The van der Waals surface area contributed by atoms with Crippen LogP contribution in [0, 0.1) is 19.1 Å². The number of hydrogen-bond donors (Lipinski definition) is 0. The Morgan fingerprint density at radius 2 is 1.71 bits per heavy atom. The van der Waals surface area contributed by atoms with Gasteiger partial charge >= 0.3 is 0 Å². The highest BCUT2D eigenvalue weighted by molar-refractivity contribution is 7.99. The molecule has 2 nitrogen and oxygen atoms in total. The third-order valence-electron chi connectivity index (χ3n) is 4.10. The molecule has 0 aliphatic carbocycles. The average Bonchev–Trinajstić information content (AvgIpc) is 2.59. The number of aryl methyl sites for hydroxylation is 2. The fourth-order valence-electron chi connectivity index (χ4n) is 2.80. The van der Waals surface area contributed by atoms with Crippen LogP contribution in [0.25, 0.3) is 0 Å². The topological polar surface area (TPSA) is 26.9 Å². The van der Waals surface area contributed by atoms with E-state index >= 15 is 0 Å². The van der Waals surface area contributed by atoms with Crippen LogP contribution in [-0.4, -0.2) is 0 Å². The van der Waals surface area contributed by atoms with E-state index in [4.69, 9.17) is 0 Å². The van der Waals surface area contributed by atoms with E-state index in [1.54, 1.807) is 24.0 Å². The van der Waals surface area contributed by atoms with E-state index < -0.39 is 0 Å². The Morgan fingerprint density at radius 3 is 2.46 bits per heavy atom. The van der Waals surface area contributed by atoms with Gasteiger partial charge in [-0.05, 0) is 54.8 Å². The first-order valence-corrected chi connectivity index (χ1v) is 8.97. The van der Waals surface area contributed by atoms with Crippen LogP contribution in [-0.2, 0) is 6.42 Å². The van der Waals surface area contributed by atoms with Gasteiger partial charge in [-0.2, -0.15) is 4.73 Å². The smallest absolute Gasteiger partial charge is 0.251 e. The van der Waals surface area contributed by atoms with Crippen LogP contribution in [0.5, 0.6) is 0 Å². The molecule has 0 saturated heterocycles. The van der Waals surface area contributed by atoms with Gasteiger partial charge in [-0.3, -0.25) is 0 Å². The summed E-state index contributed by atoms with van der Waals surface area (Å²) in [4.78, 5) is 0. The van der Waals surface area contributed by atoms with Crippen LogP contribution in [0.1, 0.15) is 27.5 Å². The maximum Gasteiger partial charge on any atom is 0.251 e. The van der Waals surface area contributed by atoms with E-state index in [2.05, 4.69) is 56.3 Å². The van der Waals surface area contributed by atoms with E-state index in [1.165, 1.54) is 22.3 Å². The van der Waals surface area contributed by atoms with Gasteiger partial charge in [-0.15, -0.1) is 0 Å². The van der Waals surface area contributed by atoms with Crippen molar-refractivity contribution in [1.29, 1.82) is 0 Å². The number of hydrogen-bond acceptors (Lipinski definition) is 2. The zero-order valence-corrected chi connectivity index (χ0v) is 14.8. The number of aromatic nitrogens is 1. The van der Waals surface area contributed by atoms with Crippen molar-refractivity contribution in [3.63, 3.8) is 0 Å². The Kier molecular flexibility index (Phi) is 5.21. The van der Waals surface area contributed by atoms with E-state index in [0.29, 0.717) is 0 Å². The predicted molar refractivity (Wildman–Crippen MR) is 100 cm³/mol. The van der Waals surface area contributed by atoms with Crippen LogP contribution < -0.4 is 4.73 Å². The normalized spacial score (nSPS) is 12.1. The van der Waals surface area contributed by atoms with Crippen molar-refractivity contribution in [2.24, 2.45) is 0 Å². The van der Waals surface area contributed by atoms with Crippen molar-refractivity contribution < 1.29 is 4.73 Å². The lowest BCUT2D eigenvalue weighted by atomic mass is 9.98. The Balaban J connectivity index is 1.97. The number of pyridine rings is 1. The van der Waals surface area contributed by atoms with Crippen molar-refractivity contribution in [2.45, 2.75) is 30.5 Å². The molecule has 122 valence electrons. The molecule has 1 atom stereocenters.